The average Bonchev–Trinajstić information content (AvgIpc) is 2.16. The third kappa shape index (κ3) is 4.12. The summed E-state index contributed by atoms with van der Waals surface area (Å²) in [6, 6.07) is 10.8. The molecule has 1 rings (SSSR count). The smallest absolute Gasteiger partial charge is 0.0253 e. The lowest BCUT2D eigenvalue weighted by molar-refractivity contribution is 0.503. The van der Waals surface area contributed by atoms with Crippen LogP contribution in [0.15, 0.2) is 30.3 Å². The third-order valence-corrected chi connectivity index (χ3v) is 2.48. The van der Waals surface area contributed by atoms with Crippen molar-refractivity contribution in [3.8, 4) is 0 Å². The van der Waals surface area contributed by atoms with Crippen molar-refractivity contribution in [2.45, 2.75) is 39.5 Å². The van der Waals surface area contributed by atoms with Crippen molar-refractivity contribution in [3.63, 3.8) is 0 Å². The summed E-state index contributed by atoms with van der Waals surface area (Å²) in [7, 11) is 0. The first-order valence-electron chi connectivity index (χ1n) is 5.37. The van der Waals surface area contributed by atoms with Gasteiger partial charge < -0.3 is 0 Å². The Bertz CT molecular complexity index is 213. The number of rotatable bonds is 5. The topological polar surface area (TPSA) is 0 Å². The molecule has 0 aliphatic carbocycles. The Morgan fingerprint density at radius 3 is 2.46 bits per heavy atom. The van der Waals surface area contributed by atoms with Crippen LogP contribution in [0.3, 0.4) is 0 Å². The van der Waals surface area contributed by atoms with Gasteiger partial charge in [0, 0.05) is 0 Å². The van der Waals surface area contributed by atoms with Crippen molar-refractivity contribution >= 4 is 0 Å². The van der Waals surface area contributed by atoms with Crippen LogP contribution in [0, 0.1) is 5.92 Å². The molecule has 0 bridgehead atoms. The summed E-state index contributed by atoms with van der Waals surface area (Å²) < 4.78 is 0. The Balaban J connectivity index is 2.32. The molecule has 72 valence electrons. The molecule has 0 aliphatic heterocycles. The monoisotopic (exact) mass is 176 g/mol. The maximum Gasteiger partial charge on any atom is -0.0253 e. The Morgan fingerprint density at radius 1 is 1.15 bits per heavy atom. The second kappa shape index (κ2) is 5.80. The minimum absolute atomic E-state index is 0.836. The number of hydrogen-bond acceptors (Lipinski definition) is 0. The van der Waals surface area contributed by atoms with E-state index in [0.29, 0.717) is 0 Å². The minimum atomic E-state index is 0.836. The third-order valence-electron chi connectivity index (χ3n) is 2.48. The summed E-state index contributed by atoms with van der Waals surface area (Å²) in [6.07, 6.45) is 5.29. The molecule has 1 atom stereocenters. The molecule has 0 fully saturated rings. The Hall–Kier alpha value is -0.780. The van der Waals surface area contributed by atoms with Gasteiger partial charge in [-0.2, -0.15) is 0 Å². The molecule has 1 aromatic rings. The van der Waals surface area contributed by atoms with Crippen LogP contribution in [0.25, 0.3) is 0 Å². The summed E-state index contributed by atoms with van der Waals surface area (Å²) in [5.41, 5.74) is 1.48. The van der Waals surface area contributed by atoms with Crippen LogP contribution in [0.2, 0.25) is 0 Å². The van der Waals surface area contributed by atoms with Gasteiger partial charge in [0.15, 0.2) is 0 Å². The molecule has 1 unspecified atom stereocenters. The van der Waals surface area contributed by atoms with Crippen molar-refractivity contribution in [2.24, 2.45) is 5.92 Å². The van der Waals surface area contributed by atoms with E-state index in [4.69, 9.17) is 0 Å². The number of unbranched alkanes of at least 4 members (excludes halogenated alkanes) is 1. The van der Waals surface area contributed by atoms with Crippen molar-refractivity contribution in [1.82, 2.24) is 0 Å². The first-order valence-corrected chi connectivity index (χ1v) is 5.37. The van der Waals surface area contributed by atoms with Crippen molar-refractivity contribution in [2.75, 3.05) is 0 Å². The molecule has 0 heterocycles. The lowest BCUT2D eigenvalue weighted by atomic mass is 9.96. The van der Waals surface area contributed by atoms with Gasteiger partial charge in [0.05, 0.1) is 0 Å². The standard InChI is InChI=1S/C13H20/c1-3-4-8-12(2)11-13-9-6-5-7-10-13/h5-7,9-10,12H,3-4,8,11H2,1-2H3. The second-order valence-electron chi connectivity index (χ2n) is 3.94. The van der Waals surface area contributed by atoms with E-state index >= 15 is 0 Å². The highest BCUT2D eigenvalue weighted by atomic mass is 14.1. The van der Waals surface area contributed by atoms with Gasteiger partial charge in [0.25, 0.3) is 0 Å². The van der Waals surface area contributed by atoms with E-state index in [1.54, 1.807) is 0 Å². The zero-order valence-electron chi connectivity index (χ0n) is 8.79. The maximum atomic E-state index is 2.35. The van der Waals surface area contributed by atoms with E-state index in [2.05, 4.69) is 44.2 Å². The minimum Gasteiger partial charge on any atom is -0.0654 e. The predicted molar refractivity (Wildman–Crippen MR) is 58.8 cm³/mol. The lowest BCUT2D eigenvalue weighted by Gasteiger charge is -2.10. The van der Waals surface area contributed by atoms with Crippen LogP contribution in [0.5, 0.6) is 0 Å². The summed E-state index contributed by atoms with van der Waals surface area (Å²) in [6.45, 7) is 4.61. The van der Waals surface area contributed by atoms with Gasteiger partial charge in [-0.25, -0.2) is 0 Å². The van der Waals surface area contributed by atoms with Crippen LogP contribution in [0.1, 0.15) is 38.7 Å². The first-order chi connectivity index (χ1) is 6.33. The molecule has 0 saturated heterocycles. The molecular formula is C13H20. The Kier molecular flexibility index (Phi) is 4.59. The van der Waals surface area contributed by atoms with E-state index in [-0.39, 0.29) is 0 Å². The molecule has 13 heavy (non-hydrogen) atoms. The summed E-state index contributed by atoms with van der Waals surface area (Å²) in [4.78, 5) is 0. The highest BCUT2D eigenvalue weighted by Crippen LogP contribution is 2.13. The van der Waals surface area contributed by atoms with Crippen LogP contribution >= 0.6 is 0 Å². The molecule has 0 radical (unpaired) electrons. The molecule has 0 spiro atoms. The molecule has 0 N–H and O–H groups in total. The zero-order chi connectivity index (χ0) is 9.52. The van der Waals surface area contributed by atoms with Gasteiger partial charge in [-0.1, -0.05) is 63.4 Å². The van der Waals surface area contributed by atoms with E-state index in [9.17, 15) is 0 Å². The normalized spacial score (nSPS) is 12.8. The number of hydrogen-bond donors (Lipinski definition) is 0. The van der Waals surface area contributed by atoms with E-state index in [1.165, 1.54) is 31.2 Å². The lowest BCUT2D eigenvalue weighted by Crippen LogP contribution is -1.99. The zero-order valence-corrected chi connectivity index (χ0v) is 8.79. The van der Waals surface area contributed by atoms with Gasteiger partial charge in [-0.15, -0.1) is 0 Å². The van der Waals surface area contributed by atoms with Gasteiger partial charge in [0.2, 0.25) is 0 Å². The predicted octanol–water partition coefficient (Wildman–Crippen LogP) is 4.06. The fourth-order valence-corrected chi connectivity index (χ4v) is 1.67. The highest BCUT2D eigenvalue weighted by molar-refractivity contribution is 5.14. The van der Waals surface area contributed by atoms with Crippen LogP contribution in [0.4, 0.5) is 0 Å². The fraction of sp³-hybridized carbons (Fsp3) is 0.538. The Labute approximate surface area is 82.0 Å². The quantitative estimate of drug-likeness (QED) is 0.634. The summed E-state index contributed by atoms with van der Waals surface area (Å²) in [5.74, 6) is 0.836. The van der Waals surface area contributed by atoms with E-state index < -0.39 is 0 Å². The van der Waals surface area contributed by atoms with Crippen LogP contribution < -0.4 is 0 Å². The molecule has 0 amide bonds. The van der Waals surface area contributed by atoms with Gasteiger partial charge in [-0.05, 0) is 17.9 Å². The SMILES string of the molecule is CCCCC(C)Cc1ccccc1. The largest absolute Gasteiger partial charge is 0.0654 e. The van der Waals surface area contributed by atoms with Crippen LogP contribution in [-0.4, -0.2) is 0 Å². The molecule has 0 saturated carbocycles. The average molecular weight is 176 g/mol. The molecular weight excluding hydrogens is 156 g/mol. The summed E-state index contributed by atoms with van der Waals surface area (Å²) >= 11 is 0. The molecule has 0 aromatic heterocycles. The van der Waals surface area contributed by atoms with Crippen molar-refractivity contribution in [3.05, 3.63) is 35.9 Å². The van der Waals surface area contributed by atoms with Gasteiger partial charge in [0.1, 0.15) is 0 Å². The van der Waals surface area contributed by atoms with Crippen molar-refractivity contribution in [1.29, 1.82) is 0 Å². The second-order valence-corrected chi connectivity index (χ2v) is 3.94. The van der Waals surface area contributed by atoms with E-state index in [1.807, 2.05) is 0 Å². The molecule has 0 nitrogen and oxygen atoms in total. The fourth-order valence-electron chi connectivity index (χ4n) is 1.67. The van der Waals surface area contributed by atoms with Crippen LogP contribution in [-0.2, 0) is 6.42 Å². The van der Waals surface area contributed by atoms with E-state index in [0.717, 1.165) is 5.92 Å². The number of benzene rings is 1. The highest BCUT2D eigenvalue weighted by Gasteiger charge is 2.01. The molecule has 1 aromatic carbocycles. The van der Waals surface area contributed by atoms with Gasteiger partial charge >= 0.3 is 0 Å². The van der Waals surface area contributed by atoms with Crippen molar-refractivity contribution < 1.29 is 0 Å². The Morgan fingerprint density at radius 2 is 1.85 bits per heavy atom. The first kappa shape index (κ1) is 10.3. The summed E-state index contributed by atoms with van der Waals surface area (Å²) in [5, 5.41) is 0. The molecule has 0 aliphatic rings. The maximum absolute atomic E-state index is 2.35. The molecule has 0 heteroatoms. The van der Waals surface area contributed by atoms with Gasteiger partial charge in [-0.3, -0.25) is 0 Å².